The molecule has 0 fully saturated rings. The number of rotatable bonds is 7. The fraction of sp³-hybridized carbons (Fsp3) is 0.333. The number of hydrogen-bond acceptors (Lipinski definition) is 5. The molecule has 0 bridgehead atoms. The predicted molar refractivity (Wildman–Crippen MR) is 86.4 cm³/mol. The summed E-state index contributed by atoms with van der Waals surface area (Å²) in [5.41, 5.74) is 0.911. The van der Waals surface area contributed by atoms with Crippen LogP contribution in [0.15, 0.2) is 30.5 Å². The molecule has 1 heterocycles. The molecule has 6 heteroatoms. The lowest BCUT2D eigenvalue weighted by atomic mass is 10.2. The largest absolute Gasteiger partial charge is 0.478 e. The summed E-state index contributed by atoms with van der Waals surface area (Å²) in [6.45, 7) is 6.64. The normalized spacial score (nSPS) is 10.4. The number of carboxylic acid groups (broad SMARTS) is 1. The predicted octanol–water partition coefficient (Wildman–Crippen LogP) is 3.30. The minimum atomic E-state index is -0.925. The van der Waals surface area contributed by atoms with Crippen LogP contribution in [0.5, 0.6) is 0 Å². The van der Waals surface area contributed by atoms with E-state index in [1.54, 1.807) is 29.5 Å². The Morgan fingerprint density at radius 2 is 2.05 bits per heavy atom. The Morgan fingerprint density at radius 3 is 2.71 bits per heavy atom. The number of aromatic nitrogens is 1. The van der Waals surface area contributed by atoms with Crippen molar-refractivity contribution in [2.75, 3.05) is 23.3 Å². The van der Waals surface area contributed by atoms with E-state index in [0.717, 1.165) is 23.1 Å². The summed E-state index contributed by atoms with van der Waals surface area (Å²) in [7, 11) is 0. The second-order valence-electron chi connectivity index (χ2n) is 4.49. The van der Waals surface area contributed by atoms with Crippen LogP contribution in [-0.4, -0.2) is 29.1 Å². The van der Waals surface area contributed by atoms with Crippen LogP contribution in [0.25, 0.3) is 0 Å². The molecular weight excluding hydrogens is 286 g/mol. The first-order chi connectivity index (χ1) is 10.2. The molecule has 1 aromatic carbocycles. The number of anilines is 2. The molecule has 1 aromatic heterocycles. The lowest BCUT2D eigenvalue weighted by Crippen LogP contribution is -2.21. The van der Waals surface area contributed by atoms with Crippen LogP contribution >= 0.6 is 11.3 Å². The summed E-state index contributed by atoms with van der Waals surface area (Å²) in [6, 6.07) is 6.91. The zero-order chi connectivity index (χ0) is 15.2. The molecule has 21 heavy (non-hydrogen) atoms. The second kappa shape index (κ2) is 7.08. The van der Waals surface area contributed by atoms with Gasteiger partial charge < -0.3 is 15.3 Å². The number of hydrogen-bond donors (Lipinski definition) is 2. The standard InChI is InChI=1S/C15H19N3O2S/c1-3-18(4-2)15-17-10-11(21-15)9-16-13-8-6-5-7-12(13)14(19)20/h5-8,10,16H,3-4,9H2,1-2H3,(H,19,20). The van der Waals surface area contributed by atoms with Crippen molar-refractivity contribution in [1.29, 1.82) is 0 Å². The van der Waals surface area contributed by atoms with Crippen LogP contribution in [0.3, 0.4) is 0 Å². The smallest absolute Gasteiger partial charge is 0.337 e. The Morgan fingerprint density at radius 1 is 1.33 bits per heavy atom. The maximum Gasteiger partial charge on any atom is 0.337 e. The summed E-state index contributed by atoms with van der Waals surface area (Å²) >= 11 is 1.63. The number of para-hydroxylation sites is 1. The third kappa shape index (κ3) is 3.72. The number of nitrogens with one attached hydrogen (secondary N) is 1. The number of benzene rings is 1. The zero-order valence-electron chi connectivity index (χ0n) is 12.2. The van der Waals surface area contributed by atoms with Crippen molar-refractivity contribution < 1.29 is 9.90 Å². The Kier molecular flexibility index (Phi) is 5.16. The molecule has 0 unspecified atom stereocenters. The average Bonchev–Trinajstić information content (AvgIpc) is 2.95. The third-order valence-corrected chi connectivity index (χ3v) is 4.24. The minimum absolute atomic E-state index is 0.283. The fourth-order valence-electron chi connectivity index (χ4n) is 2.03. The van der Waals surface area contributed by atoms with Gasteiger partial charge in [-0.1, -0.05) is 12.1 Å². The molecule has 0 aliphatic rings. The molecule has 0 aliphatic heterocycles. The van der Waals surface area contributed by atoms with Crippen molar-refractivity contribution in [2.24, 2.45) is 0 Å². The van der Waals surface area contributed by atoms with E-state index in [1.165, 1.54) is 0 Å². The molecule has 0 atom stereocenters. The Hall–Kier alpha value is -2.08. The van der Waals surface area contributed by atoms with Gasteiger partial charge in [-0.25, -0.2) is 9.78 Å². The van der Waals surface area contributed by atoms with Crippen LogP contribution in [0.1, 0.15) is 29.1 Å². The summed E-state index contributed by atoms with van der Waals surface area (Å²) in [5, 5.41) is 13.3. The molecule has 0 amide bonds. The maximum atomic E-state index is 11.1. The van der Waals surface area contributed by atoms with Crippen molar-refractivity contribution >= 4 is 28.1 Å². The second-order valence-corrected chi connectivity index (χ2v) is 5.58. The van der Waals surface area contributed by atoms with Crippen LogP contribution in [0.2, 0.25) is 0 Å². The van der Waals surface area contributed by atoms with Crippen LogP contribution < -0.4 is 10.2 Å². The van der Waals surface area contributed by atoms with E-state index in [4.69, 9.17) is 5.11 Å². The van der Waals surface area contributed by atoms with Gasteiger partial charge in [0.2, 0.25) is 0 Å². The van der Waals surface area contributed by atoms with E-state index in [-0.39, 0.29) is 5.56 Å². The first kappa shape index (κ1) is 15.3. The molecule has 2 aromatic rings. The van der Waals surface area contributed by atoms with E-state index in [0.29, 0.717) is 12.2 Å². The molecule has 2 N–H and O–H groups in total. The van der Waals surface area contributed by atoms with Gasteiger partial charge in [-0.05, 0) is 26.0 Å². The number of carbonyl (C=O) groups is 1. The highest BCUT2D eigenvalue weighted by Gasteiger charge is 2.10. The molecular formula is C15H19N3O2S. The maximum absolute atomic E-state index is 11.1. The lowest BCUT2D eigenvalue weighted by molar-refractivity contribution is 0.0698. The highest BCUT2D eigenvalue weighted by Crippen LogP contribution is 2.24. The van der Waals surface area contributed by atoms with Crippen LogP contribution in [-0.2, 0) is 6.54 Å². The summed E-state index contributed by atoms with van der Waals surface area (Å²) < 4.78 is 0. The monoisotopic (exact) mass is 305 g/mol. The summed E-state index contributed by atoms with van der Waals surface area (Å²) in [6.07, 6.45) is 1.84. The van der Waals surface area contributed by atoms with Crippen molar-refractivity contribution in [2.45, 2.75) is 20.4 Å². The van der Waals surface area contributed by atoms with Gasteiger partial charge in [0.1, 0.15) is 0 Å². The fourth-order valence-corrected chi connectivity index (χ4v) is 3.00. The molecule has 0 aliphatic carbocycles. The highest BCUT2D eigenvalue weighted by molar-refractivity contribution is 7.15. The van der Waals surface area contributed by atoms with Crippen molar-refractivity contribution in [3.05, 3.63) is 40.9 Å². The average molecular weight is 305 g/mol. The number of aromatic carboxylic acids is 1. The topological polar surface area (TPSA) is 65.5 Å². The number of nitrogens with zero attached hydrogens (tertiary/aromatic N) is 2. The van der Waals surface area contributed by atoms with E-state index in [1.807, 2.05) is 12.3 Å². The number of carboxylic acids is 1. The van der Waals surface area contributed by atoms with Gasteiger partial charge in [-0.2, -0.15) is 0 Å². The molecule has 0 radical (unpaired) electrons. The number of thiazole rings is 1. The van der Waals surface area contributed by atoms with Crippen molar-refractivity contribution in [3.8, 4) is 0 Å². The van der Waals surface area contributed by atoms with Gasteiger partial charge in [0.25, 0.3) is 0 Å². The van der Waals surface area contributed by atoms with Gasteiger partial charge in [0.05, 0.1) is 12.1 Å². The highest BCUT2D eigenvalue weighted by atomic mass is 32.1. The van der Waals surface area contributed by atoms with Crippen molar-refractivity contribution in [1.82, 2.24) is 4.98 Å². The van der Waals surface area contributed by atoms with Gasteiger partial charge in [-0.15, -0.1) is 11.3 Å². The van der Waals surface area contributed by atoms with Gasteiger partial charge in [-0.3, -0.25) is 0 Å². The van der Waals surface area contributed by atoms with Crippen LogP contribution in [0, 0.1) is 0 Å². The van der Waals surface area contributed by atoms with Crippen molar-refractivity contribution in [3.63, 3.8) is 0 Å². The molecule has 112 valence electrons. The lowest BCUT2D eigenvalue weighted by Gasteiger charge is -2.16. The first-order valence-electron chi connectivity index (χ1n) is 6.91. The summed E-state index contributed by atoms with van der Waals surface area (Å²) in [5.74, 6) is -0.925. The molecule has 5 nitrogen and oxygen atoms in total. The van der Waals surface area contributed by atoms with Crippen LogP contribution in [0.4, 0.5) is 10.8 Å². The van der Waals surface area contributed by atoms with E-state index in [2.05, 4.69) is 29.0 Å². The zero-order valence-corrected chi connectivity index (χ0v) is 13.0. The van der Waals surface area contributed by atoms with Gasteiger partial charge in [0.15, 0.2) is 5.13 Å². The Balaban J connectivity index is 2.05. The van der Waals surface area contributed by atoms with E-state index < -0.39 is 5.97 Å². The summed E-state index contributed by atoms with van der Waals surface area (Å²) in [4.78, 5) is 18.8. The van der Waals surface area contributed by atoms with Gasteiger partial charge >= 0.3 is 5.97 Å². The molecule has 0 spiro atoms. The first-order valence-corrected chi connectivity index (χ1v) is 7.73. The third-order valence-electron chi connectivity index (χ3n) is 3.19. The Bertz CT molecular complexity index is 608. The van der Waals surface area contributed by atoms with E-state index in [9.17, 15) is 4.79 Å². The molecule has 2 rings (SSSR count). The quantitative estimate of drug-likeness (QED) is 0.821. The minimum Gasteiger partial charge on any atom is -0.478 e. The van der Waals surface area contributed by atoms with Gasteiger partial charge in [0, 0.05) is 29.9 Å². The Labute approximate surface area is 128 Å². The van der Waals surface area contributed by atoms with E-state index >= 15 is 0 Å². The SMILES string of the molecule is CCN(CC)c1ncc(CNc2ccccc2C(=O)O)s1. The molecule has 0 saturated carbocycles. The molecule has 0 saturated heterocycles.